The minimum absolute atomic E-state index is 0.131. The quantitative estimate of drug-likeness (QED) is 0.769. The molecule has 0 bridgehead atoms. The van der Waals surface area contributed by atoms with E-state index in [0.717, 1.165) is 18.9 Å². The molecule has 1 unspecified atom stereocenters. The second-order valence-electron chi connectivity index (χ2n) is 4.86. The van der Waals surface area contributed by atoms with Gasteiger partial charge >= 0.3 is 6.18 Å². The molecule has 0 amide bonds. The van der Waals surface area contributed by atoms with Crippen LogP contribution in [0.5, 0.6) is 0 Å². The Labute approximate surface area is 117 Å². The predicted molar refractivity (Wildman–Crippen MR) is 72.5 cm³/mol. The van der Waals surface area contributed by atoms with Gasteiger partial charge in [-0.05, 0) is 31.4 Å². The van der Waals surface area contributed by atoms with Crippen molar-refractivity contribution in [1.29, 1.82) is 0 Å². The molecule has 0 aromatic heterocycles. The Morgan fingerprint density at radius 2 is 1.90 bits per heavy atom. The molecule has 0 radical (unpaired) electrons. The van der Waals surface area contributed by atoms with Crippen molar-refractivity contribution in [2.45, 2.75) is 38.8 Å². The number of hydrogen-bond donors (Lipinski definition) is 1. The van der Waals surface area contributed by atoms with Crippen LogP contribution in [0.25, 0.3) is 0 Å². The van der Waals surface area contributed by atoms with Crippen molar-refractivity contribution >= 4 is 5.78 Å². The van der Waals surface area contributed by atoms with Gasteiger partial charge in [0.25, 0.3) is 0 Å². The highest BCUT2D eigenvalue weighted by atomic mass is 19.4. The highest BCUT2D eigenvalue weighted by Gasteiger charge is 2.34. The molecule has 112 valence electrons. The lowest BCUT2D eigenvalue weighted by molar-refractivity contribution is -0.137. The van der Waals surface area contributed by atoms with Crippen molar-refractivity contribution < 1.29 is 18.0 Å². The fourth-order valence-corrected chi connectivity index (χ4v) is 2.23. The van der Waals surface area contributed by atoms with E-state index in [4.69, 9.17) is 5.73 Å². The molecule has 0 aliphatic rings. The van der Waals surface area contributed by atoms with Crippen LogP contribution in [-0.4, -0.2) is 12.3 Å². The Morgan fingerprint density at radius 3 is 2.45 bits per heavy atom. The van der Waals surface area contributed by atoms with E-state index in [2.05, 4.69) is 0 Å². The summed E-state index contributed by atoms with van der Waals surface area (Å²) in [6.07, 6.45) is -2.10. The first kappa shape index (κ1) is 16.7. The van der Waals surface area contributed by atoms with E-state index in [1.807, 2.05) is 6.92 Å². The first-order valence-corrected chi connectivity index (χ1v) is 6.79. The summed E-state index contributed by atoms with van der Waals surface area (Å²) in [5.74, 6) is -0.157. The van der Waals surface area contributed by atoms with Crippen molar-refractivity contribution in [3.05, 3.63) is 35.4 Å². The van der Waals surface area contributed by atoms with Gasteiger partial charge in [0.2, 0.25) is 0 Å². The summed E-state index contributed by atoms with van der Waals surface area (Å²) >= 11 is 0. The average molecular weight is 287 g/mol. The van der Waals surface area contributed by atoms with Crippen molar-refractivity contribution in [1.82, 2.24) is 0 Å². The topological polar surface area (TPSA) is 43.1 Å². The Balaban J connectivity index is 2.78. The second kappa shape index (κ2) is 7.43. The molecule has 0 heterocycles. The maximum Gasteiger partial charge on any atom is 0.417 e. The van der Waals surface area contributed by atoms with Gasteiger partial charge in [0.1, 0.15) is 0 Å². The molecule has 0 fully saturated rings. The van der Waals surface area contributed by atoms with Crippen molar-refractivity contribution in [2.75, 3.05) is 6.54 Å². The lowest BCUT2D eigenvalue weighted by Gasteiger charge is -2.15. The van der Waals surface area contributed by atoms with E-state index in [1.165, 1.54) is 18.2 Å². The summed E-state index contributed by atoms with van der Waals surface area (Å²) in [6, 6.07) is 4.95. The second-order valence-corrected chi connectivity index (χ2v) is 4.86. The summed E-state index contributed by atoms with van der Waals surface area (Å²) in [6.45, 7) is 2.53. The van der Waals surface area contributed by atoms with Crippen LogP contribution in [0, 0.1) is 5.92 Å². The molecule has 0 saturated carbocycles. The molecule has 20 heavy (non-hydrogen) atoms. The van der Waals surface area contributed by atoms with Crippen LogP contribution in [-0.2, 0) is 6.18 Å². The van der Waals surface area contributed by atoms with Crippen LogP contribution in [0.1, 0.15) is 48.5 Å². The predicted octanol–water partition coefficient (Wildman–Crippen LogP) is 4.04. The van der Waals surface area contributed by atoms with Gasteiger partial charge in [-0.15, -0.1) is 0 Å². The van der Waals surface area contributed by atoms with Gasteiger partial charge < -0.3 is 5.73 Å². The minimum Gasteiger partial charge on any atom is -0.330 e. The lowest BCUT2D eigenvalue weighted by atomic mass is 9.92. The molecule has 0 saturated heterocycles. The summed E-state index contributed by atoms with van der Waals surface area (Å²) < 4.78 is 38.5. The highest BCUT2D eigenvalue weighted by molar-refractivity contribution is 5.97. The zero-order valence-electron chi connectivity index (χ0n) is 11.5. The fourth-order valence-electron chi connectivity index (χ4n) is 2.23. The molecule has 0 aliphatic carbocycles. The molecular formula is C15H20F3NO. The van der Waals surface area contributed by atoms with Gasteiger partial charge in [-0.1, -0.05) is 31.5 Å². The number of rotatable bonds is 7. The standard InChI is InChI=1S/C15H20F3NO/c1-2-11(9-10-19)7-8-14(20)12-5-3-4-6-13(12)15(16,17)18/h3-6,11H,2,7-10,19H2,1H3. The van der Waals surface area contributed by atoms with Crippen molar-refractivity contribution in [3.8, 4) is 0 Å². The summed E-state index contributed by atoms with van der Waals surface area (Å²) in [5, 5.41) is 0. The molecule has 2 N–H and O–H groups in total. The number of nitrogens with two attached hydrogens (primary N) is 1. The van der Waals surface area contributed by atoms with Gasteiger partial charge in [0.05, 0.1) is 5.56 Å². The third-order valence-corrected chi connectivity index (χ3v) is 3.46. The largest absolute Gasteiger partial charge is 0.417 e. The number of ketones is 1. The third kappa shape index (κ3) is 4.63. The SMILES string of the molecule is CCC(CCN)CCC(=O)c1ccccc1C(F)(F)F. The number of carbonyl (C=O) groups is 1. The number of hydrogen-bond acceptors (Lipinski definition) is 2. The summed E-state index contributed by atoms with van der Waals surface area (Å²) in [4.78, 5) is 12.0. The maximum absolute atomic E-state index is 12.8. The van der Waals surface area contributed by atoms with Gasteiger partial charge in [0.15, 0.2) is 5.78 Å². The molecule has 2 nitrogen and oxygen atoms in total. The van der Waals surface area contributed by atoms with Crippen LogP contribution < -0.4 is 5.73 Å². The number of carbonyl (C=O) groups excluding carboxylic acids is 1. The molecule has 1 atom stereocenters. The summed E-state index contributed by atoms with van der Waals surface area (Å²) in [5.41, 5.74) is 4.39. The fraction of sp³-hybridized carbons (Fsp3) is 0.533. The van der Waals surface area contributed by atoms with Crippen LogP contribution in [0.2, 0.25) is 0 Å². The number of alkyl halides is 3. The van der Waals surface area contributed by atoms with E-state index >= 15 is 0 Å². The van der Waals surface area contributed by atoms with E-state index in [9.17, 15) is 18.0 Å². The maximum atomic E-state index is 12.8. The molecule has 0 aliphatic heterocycles. The highest BCUT2D eigenvalue weighted by Crippen LogP contribution is 2.32. The smallest absolute Gasteiger partial charge is 0.330 e. The lowest BCUT2D eigenvalue weighted by Crippen LogP contribution is -2.14. The average Bonchev–Trinajstić information content (AvgIpc) is 2.42. The van der Waals surface area contributed by atoms with Crippen LogP contribution >= 0.6 is 0 Å². The molecule has 0 spiro atoms. The van der Waals surface area contributed by atoms with Gasteiger partial charge in [-0.3, -0.25) is 4.79 Å². The Kier molecular flexibility index (Phi) is 6.20. The first-order valence-electron chi connectivity index (χ1n) is 6.79. The van der Waals surface area contributed by atoms with E-state index in [-0.39, 0.29) is 12.0 Å². The Morgan fingerprint density at radius 1 is 1.25 bits per heavy atom. The number of benzene rings is 1. The Bertz CT molecular complexity index is 443. The normalized spacial score (nSPS) is 13.2. The molecular weight excluding hydrogens is 267 g/mol. The van der Waals surface area contributed by atoms with Crippen molar-refractivity contribution in [3.63, 3.8) is 0 Å². The van der Waals surface area contributed by atoms with Gasteiger partial charge in [-0.2, -0.15) is 13.2 Å². The third-order valence-electron chi connectivity index (χ3n) is 3.46. The first-order chi connectivity index (χ1) is 9.40. The van der Waals surface area contributed by atoms with Crippen molar-refractivity contribution in [2.24, 2.45) is 11.7 Å². The van der Waals surface area contributed by atoms with E-state index in [1.54, 1.807) is 0 Å². The van der Waals surface area contributed by atoms with E-state index in [0.29, 0.717) is 18.9 Å². The number of halogens is 3. The molecule has 1 aromatic rings. The molecule has 1 aromatic carbocycles. The summed E-state index contributed by atoms with van der Waals surface area (Å²) in [7, 11) is 0. The van der Waals surface area contributed by atoms with Crippen LogP contribution in [0.15, 0.2) is 24.3 Å². The number of Topliss-reactive ketones (excluding diaryl/α,β-unsaturated/α-hetero) is 1. The van der Waals surface area contributed by atoms with E-state index < -0.39 is 17.5 Å². The molecule has 5 heteroatoms. The zero-order chi connectivity index (χ0) is 15.2. The van der Waals surface area contributed by atoms with Gasteiger partial charge in [-0.25, -0.2) is 0 Å². The van der Waals surface area contributed by atoms with Gasteiger partial charge in [0, 0.05) is 12.0 Å². The van der Waals surface area contributed by atoms with Crippen LogP contribution in [0.3, 0.4) is 0 Å². The van der Waals surface area contributed by atoms with Crippen LogP contribution in [0.4, 0.5) is 13.2 Å². The zero-order valence-corrected chi connectivity index (χ0v) is 11.5. The monoisotopic (exact) mass is 287 g/mol. The Hall–Kier alpha value is -1.36. The minimum atomic E-state index is -4.49. The molecule has 1 rings (SSSR count).